The fourth-order valence-electron chi connectivity index (χ4n) is 2.77. The number of hydrogen-bond donors (Lipinski definition) is 1. The summed E-state index contributed by atoms with van der Waals surface area (Å²) in [6.45, 7) is 8.29. The number of H-pyrrole nitrogens is 1. The zero-order valence-corrected chi connectivity index (χ0v) is 12.8. The Kier molecular flexibility index (Phi) is 3.20. The van der Waals surface area contributed by atoms with Crippen molar-refractivity contribution in [2.24, 2.45) is 0 Å². The van der Waals surface area contributed by atoms with Gasteiger partial charge in [-0.3, -0.25) is 4.57 Å². The molecule has 1 aromatic carbocycles. The summed E-state index contributed by atoms with van der Waals surface area (Å²) in [5.74, 6) is 0.363. The van der Waals surface area contributed by atoms with Crippen LogP contribution in [0.5, 0.6) is 0 Å². The molecule has 0 radical (unpaired) electrons. The van der Waals surface area contributed by atoms with Gasteiger partial charge in [-0.25, -0.2) is 9.48 Å². The minimum absolute atomic E-state index is 0.0781. The van der Waals surface area contributed by atoms with Crippen molar-refractivity contribution in [3.63, 3.8) is 0 Å². The van der Waals surface area contributed by atoms with Crippen LogP contribution in [-0.2, 0) is 0 Å². The van der Waals surface area contributed by atoms with Crippen LogP contribution in [0.3, 0.4) is 0 Å². The van der Waals surface area contributed by atoms with Gasteiger partial charge in [0, 0.05) is 17.9 Å². The molecule has 0 fully saturated rings. The molecule has 0 saturated carbocycles. The fourth-order valence-corrected chi connectivity index (χ4v) is 2.77. The summed E-state index contributed by atoms with van der Waals surface area (Å²) >= 11 is 0. The predicted molar refractivity (Wildman–Crippen MR) is 84.2 cm³/mol. The highest BCUT2D eigenvalue weighted by Crippen LogP contribution is 2.24. The second-order valence-electron chi connectivity index (χ2n) is 5.89. The van der Waals surface area contributed by atoms with E-state index in [2.05, 4.69) is 23.9 Å². The van der Waals surface area contributed by atoms with Gasteiger partial charge in [-0.1, -0.05) is 19.9 Å². The topological polar surface area (TPSA) is 55.6 Å². The zero-order valence-electron chi connectivity index (χ0n) is 12.8. The van der Waals surface area contributed by atoms with Gasteiger partial charge in [0.05, 0.1) is 16.7 Å². The maximum atomic E-state index is 12.2. The van der Waals surface area contributed by atoms with Crippen molar-refractivity contribution in [1.82, 2.24) is 19.3 Å². The number of imidazole rings is 1. The minimum Gasteiger partial charge on any atom is -0.304 e. The summed E-state index contributed by atoms with van der Waals surface area (Å²) in [6, 6.07) is 8.05. The van der Waals surface area contributed by atoms with Crippen molar-refractivity contribution in [3.05, 3.63) is 46.6 Å². The Morgan fingerprint density at radius 3 is 2.57 bits per heavy atom. The van der Waals surface area contributed by atoms with Crippen LogP contribution in [-0.4, -0.2) is 19.3 Å². The van der Waals surface area contributed by atoms with Gasteiger partial charge in [-0.15, -0.1) is 0 Å². The summed E-state index contributed by atoms with van der Waals surface area (Å²) in [5.41, 5.74) is 3.71. The number of nitrogens with one attached hydrogen (secondary N) is 1. The van der Waals surface area contributed by atoms with Crippen LogP contribution in [0.25, 0.3) is 16.7 Å². The number of para-hydroxylation sites is 1. The summed E-state index contributed by atoms with van der Waals surface area (Å²) in [6.07, 6.45) is 1.80. The molecule has 1 N–H and O–H groups in total. The van der Waals surface area contributed by atoms with E-state index in [0.29, 0.717) is 5.92 Å². The number of rotatable bonds is 3. The highest BCUT2D eigenvalue weighted by Gasteiger charge is 2.16. The highest BCUT2D eigenvalue weighted by atomic mass is 16.1. The smallest absolute Gasteiger partial charge is 0.304 e. The number of benzene rings is 1. The lowest BCUT2D eigenvalue weighted by atomic mass is 10.1. The Balaban J connectivity index is 2.32. The molecule has 0 atom stereocenters. The summed E-state index contributed by atoms with van der Waals surface area (Å²) in [7, 11) is 0. The van der Waals surface area contributed by atoms with Crippen molar-refractivity contribution >= 4 is 11.0 Å². The van der Waals surface area contributed by atoms with Crippen molar-refractivity contribution in [3.8, 4) is 5.69 Å². The molecule has 0 unspecified atom stereocenters. The van der Waals surface area contributed by atoms with E-state index in [-0.39, 0.29) is 11.7 Å². The molecular formula is C16H20N4O. The Hall–Kier alpha value is -2.30. The van der Waals surface area contributed by atoms with E-state index < -0.39 is 0 Å². The maximum absolute atomic E-state index is 12.2. The Morgan fingerprint density at radius 2 is 1.90 bits per heavy atom. The number of aromatic nitrogens is 4. The lowest BCUT2D eigenvalue weighted by molar-refractivity contribution is 0.598. The molecule has 2 aromatic heterocycles. The van der Waals surface area contributed by atoms with E-state index in [4.69, 9.17) is 0 Å². The monoisotopic (exact) mass is 284 g/mol. The SMILES string of the molecule is CC(C)c1ccnn1-c1cccc2c1[nH]c(=O)n2C(C)C. The summed E-state index contributed by atoms with van der Waals surface area (Å²) < 4.78 is 3.69. The fraction of sp³-hybridized carbons (Fsp3) is 0.375. The molecule has 2 heterocycles. The molecule has 21 heavy (non-hydrogen) atoms. The lowest BCUT2D eigenvalue weighted by Gasteiger charge is -2.12. The van der Waals surface area contributed by atoms with Gasteiger partial charge in [0.25, 0.3) is 0 Å². The zero-order chi connectivity index (χ0) is 15.1. The average molecular weight is 284 g/mol. The van der Waals surface area contributed by atoms with Crippen LogP contribution in [0.4, 0.5) is 0 Å². The summed E-state index contributed by atoms with van der Waals surface area (Å²) in [4.78, 5) is 15.2. The molecule has 0 aliphatic carbocycles. The average Bonchev–Trinajstić information content (AvgIpc) is 3.00. The molecule has 3 rings (SSSR count). The molecule has 0 amide bonds. The first-order chi connectivity index (χ1) is 10.0. The third kappa shape index (κ3) is 2.09. The Bertz CT molecular complexity index is 835. The van der Waals surface area contributed by atoms with Crippen molar-refractivity contribution in [2.45, 2.75) is 39.7 Å². The molecular weight excluding hydrogens is 264 g/mol. The van der Waals surface area contributed by atoms with Crippen LogP contribution in [0.1, 0.15) is 45.3 Å². The van der Waals surface area contributed by atoms with E-state index in [1.165, 1.54) is 0 Å². The molecule has 110 valence electrons. The van der Waals surface area contributed by atoms with Gasteiger partial charge in [-0.05, 0) is 38.0 Å². The molecule has 5 heteroatoms. The third-order valence-corrected chi connectivity index (χ3v) is 3.74. The van der Waals surface area contributed by atoms with Gasteiger partial charge in [0.2, 0.25) is 0 Å². The molecule has 0 bridgehead atoms. The number of nitrogens with zero attached hydrogens (tertiary/aromatic N) is 3. The first-order valence-electron chi connectivity index (χ1n) is 7.28. The maximum Gasteiger partial charge on any atom is 0.326 e. The normalized spacial score (nSPS) is 11.9. The standard InChI is InChI=1S/C16H20N4O/c1-10(2)12-8-9-17-20(12)14-7-5-6-13-15(14)18-16(21)19(13)11(3)4/h5-11H,1-4H3,(H,18,21). The van der Waals surface area contributed by atoms with E-state index in [1.54, 1.807) is 10.8 Å². The Labute approximate surface area is 123 Å². The van der Waals surface area contributed by atoms with Gasteiger partial charge >= 0.3 is 5.69 Å². The quantitative estimate of drug-likeness (QED) is 0.803. The largest absolute Gasteiger partial charge is 0.326 e. The van der Waals surface area contributed by atoms with Crippen LogP contribution in [0.2, 0.25) is 0 Å². The van der Waals surface area contributed by atoms with Gasteiger partial charge in [0.1, 0.15) is 0 Å². The van der Waals surface area contributed by atoms with E-state index in [0.717, 1.165) is 22.4 Å². The van der Waals surface area contributed by atoms with Gasteiger partial charge in [0.15, 0.2) is 0 Å². The van der Waals surface area contributed by atoms with E-state index >= 15 is 0 Å². The molecule has 0 aliphatic rings. The molecule has 0 aliphatic heterocycles. The first kappa shape index (κ1) is 13.7. The first-order valence-corrected chi connectivity index (χ1v) is 7.28. The van der Waals surface area contributed by atoms with E-state index in [1.807, 2.05) is 42.8 Å². The molecule has 5 nitrogen and oxygen atoms in total. The van der Waals surface area contributed by atoms with Crippen molar-refractivity contribution in [1.29, 1.82) is 0 Å². The number of aromatic amines is 1. The van der Waals surface area contributed by atoms with Crippen LogP contribution >= 0.6 is 0 Å². The summed E-state index contributed by atoms with van der Waals surface area (Å²) in [5, 5.41) is 4.43. The van der Waals surface area contributed by atoms with Crippen molar-refractivity contribution < 1.29 is 0 Å². The van der Waals surface area contributed by atoms with Crippen LogP contribution < -0.4 is 5.69 Å². The third-order valence-electron chi connectivity index (χ3n) is 3.74. The van der Waals surface area contributed by atoms with Crippen LogP contribution in [0.15, 0.2) is 35.3 Å². The van der Waals surface area contributed by atoms with Gasteiger partial charge in [-0.2, -0.15) is 5.10 Å². The highest BCUT2D eigenvalue weighted by molar-refractivity contribution is 5.84. The van der Waals surface area contributed by atoms with Crippen LogP contribution in [0, 0.1) is 0 Å². The second-order valence-corrected chi connectivity index (χ2v) is 5.89. The van der Waals surface area contributed by atoms with Gasteiger partial charge < -0.3 is 4.98 Å². The lowest BCUT2D eigenvalue weighted by Crippen LogP contribution is -2.18. The molecule has 0 saturated heterocycles. The minimum atomic E-state index is -0.0781. The molecule has 3 aromatic rings. The van der Waals surface area contributed by atoms with Crippen molar-refractivity contribution in [2.75, 3.05) is 0 Å². The van der Waals surface area contributed by atoms with E-state index in [9.17, 15) is 4.79 Å². The molecule has 0 spiro atoms. The predicted octanol–water partition coefficient (Wildman–Crippen LogP) is 3.22. The Morgan fingerprint density at radius 1 is 1.14 bits per heavy atom. The number of fused-ring (bicyclic) bond motifs is 1. The number of hydrogen-bond acceptors (Lipinski definition) is 2. The second kappa shape index (κ2) is 4.91.